The van der Waals surface area contributed by atoms with Gasteiger partial charge in [-0.15, -0.1) is 10.2 Å². The van der Waals surface area contributed by atoms with E-state index in [1.54, 1.807) is 66.0 Å². The van der Waals surface area contributed by atoms with Crippen LogP contribution < -0.4 is 23.8 Å². The summed E-state index contributed by atoms with van der Waals surface area (Å²) in [5.74, 6) is 2.65. The fourth-order valence-electron chi connectivity index (χ4n) is 3.30. The maximum Gasteiger partial charge on any atom is 0.436 e. The molecule has 0 fully saturated rings. The molecular weight excluding hydrogens is 566 g/mol. The Morgan fingerprint density at radius 3 is 1.65 bits per heavy atom. The van der Waals surface area contributed by atoms with Crippen LogP contribution >= 0.6 is 22.6 Å². The summed E-state index contributed by atoms with van der Waals surface area (Å²) >= 11 is 1.62. The number of alkyl halides is 3. The van der Waals surface area contributed by atoms with E-state index in [0.29, 0.717) is 23.0 Å². The predicted molar refractivity (Wildman–Crippen MR) is 129 cm³/mol. The molecular formula is C23H23F3IN3O4. The normalized spacial score (nSPS) is 11.2. The average molecular weight is 589 g/mol. The largest absolute Gasteiger partial charge is 0.497 e. The fourth-order valence-corrected chi connectivity index (χ4v) is 3.99. The third-order valence-electron chi connectivity index (χ3n) is 5.04. The first-order chi connectivity index (χ1) is 16.2. The van der Waals surface area contributed by atoms with E-state index in [0.717, 1.165) is 11.1 Å². The molecule has 0 N–H and O–H groups in total. The minimum absolute atomic E-state index is 0.0523. The van der Waals surface area contributed by atoms with E-state index in [1.807, 2.05) is 12.1 Å². The summed E-state index contributed by atoms with van der Waals surface area (Å²) in [7, 11) is 6.18. The van der Waals surface area contributed by atoms with Gasteiger partial charge in [0.1, 0.15) is 23.0 Å². The number of nitrogens with zero attached hydrogens (tertiary/aromatic N) is 3. The summed E-state index contributed by atoms with van der Waals surface area (Å²) < 4.78 is 61.2. The van der Waals surface area contributed by atoms with E-state index in [4.69, 9.17) is 18.9 Å². The lowest BCUT2D eigenvalue weighted by molar-refractivity contribution is -0.142. The number of hydrogen-bond acceptors (Lipinski definition) is 7. The van der Waals surface area contributed by atoms with Gasteiger partial charge >= 0.3 is 6.18 Å². The molecule has 0 spiro atoms. The van der Waals surface area contributed by atoms with Crippen molar-refractivity contribution in [1.82, 2.24) is 10.2 Å². The maximum atomic E-state index is 13.2. The molecule has 7 nitrogen and oxygen atoms in total. The topological polar surface area (TPSA) is 65.9 Å². The van der Waals surface area contributed by atoms with E-state index >= 15 is 0 Å². The van der Waals surface area contributed by atoms with Gasteiger partial charge in [0, 0.05) is 39.9 Å². The Morgan fingerprint density at radius 2 is 1.26 bits per heavy atom. The highest BCUT2D eigenvalue weighted by molar-refractivity contribution is 14.1. The van der Waals surface area contributed by atoms with Crippen LogP contribution in [-0.4, -0.2) is 38.6 Å². The molecule has 0 aliphatic rings. The van der Waals surface area contributed by atoms with Crippen LogP contribution in [0.15, 0.2) is 42.5 Å². The minimum atomic E-state index is -4.59. The molecule has 3 rings (SSSR count). The first-order valence-corrected chi connectivity index (χ1v) is 11.0. The molecule has 0 atom stereocenters. The van der Waals surface area contributed by atoms with E-state index in [2.05, 4.69) is 10.2 Å². The summed E-state index contributed by atoms with van der Waals surface area (Å²) in [6, 6.07) is 12.1. The van der Waals surface area contributed by atoms with E-state index in [-0.39, 0.29) is 22.5 Å². The van der Waals surface area contributed by atoms with Crippen molar-refractivity contribution in [3.8, 4) is 23.0 Å². The Hall–Kier alpha value is -2.96. The van der Waals surface area contributed by atoms with Gasteiger partial charge in [0.2, 0.25) is 0 Å². The van der Waals surface area contributed by atoms with Gasteiger partial charge in [-0.2, -0.15) is 13.2 Å². The molecule has 0 saturated carbocycles. The molecule has 0 aliphatic carbocycles. The minimum Gasteiger partial charge on any atom is -0.497 e. The lowest BCUT2D eigenvalue weighted by Gasteiger charge is -2.26. The molecule has 182 valence electrons. The second-order valence-corrected chi connectivity index (χ2v) is 8.27. The Morgan fingerprint density at radius 1 is 0.765 bits per heavy atom. The molecule has 2 aromatic carbocycles. The molecule has 0 unspecified atom stereocenters. The smallest absolute Gasteiger partial charge is 0.436 e. The van der Waals surface area contributed by atoms with Crippen LogP contribution in [0.2, 0.25) is 0 Å². The summed E-state index contributed by atoms with van der Waals surface area (Å²) in [5.41, 5.74) is 0.542. The second kappa shape index (κ2) is 11.0. The van der Waals surface area contributed by atoms with Crippen molar-refractivity contribution in [1.29, 1.82) is 0 Å². The van der Waals surface area contributed by atoms with Crippen molar-refractivity contribution in [3.63, 3.8) is 0 Å². The second-order valence-electron chi connectivity index (χ2n) is 7.11. The molecule has 0 radical (unpaired) electrons. The molecule has 0 saturated heterocycles. The van der Waals surface area contributed by atoms with Crippen molar-refractivity contribution in [2.24, 2.45) is 0 Å². The number of ether oxygens (including phenoxy) is 4. The SMILES string of the molecule is COc1ccc(CN(Cc2ccc(OC)cc2OC)c2cc(I)c(C(F)(F)F)nn2)c(OC)c1. The van der Waals surface area contributed by atoms with Crippen LogP contribution in [-0.2, 0) is 19.3 Å². The Kier molecular flexibility index (Phi) is 8.28. The molecule has 3 aromatic rings. The number of anilines is 1. The first kappa shape index (κ1) is 25.7. The van der Waals surface area contributed by atoms with Gasteiger partial charge in [0.05, 0.1) is 28.4 Å². The summed E-state index contributed by atoms with van der Waals surface area (Å²) in [5, 5.41) is 7.36. The lowest BCUT2D eigenvalue weighted by Crippen LogP contribution is -2.25. The van der Waals surface area contributed by atoms with E-state index in [1.165, 1.54) is 20.3 Å². The van der Waals surface area contributed by atoms with Crippen LogP contribution in [0.25, 0.3) is 0 Å². The highest BCUT2D eigenvalue weighted by atomic mass is 127. The summed E-state index contributed by atoms with van der Waals surface area (Å²) in [4.78, 5) is 1.80. The third-order valence-corrected chi connectivity index (χ3v) is 5.86. The number of aromatic nitrogens is 2. The van der Waals surface area contributed by atoms with Gasteiger partial charge in [-0.1, -0.05) is 0 Å². The summed E-state index contributed by atoms with van der Waals surface area (Å²) in [6.07, 6.45) is -4.59. The fraction of sp³-hybridized carbons (Fsp3) is 0.304. The van der Waals surface area contributed by atoms with Gasteiger partial charge in [-0.25, -0.2) is 0 Å². The number of methoxy groups -OCH3 is 4. The van der Waals surface area contributed by atoms with Gasteiger partial charge in [0.25, 0.3) is 0 Å². The van der Waals surface area contributed by atoms with Crippen molar-refractivity contribution in [3.05, 3.63) is 62.9 Å². The monoisotopic (exact) mass is 589 g/mol. The third kappa shape index (κ3) is 5.93. The van der Waals surface area contributed by atoms with Crippen LogP contribution in [0, 0.1) is 3.57 Å². The molecule has 34 heavy (non-hydrogen) atoms. The molecule has 0 bridgehead atoms. The Balaban J connectivity index is 2.05. The van der Waals surface area contributed by atoms with E-state index < -0.39 is 11.9 Å². The Labute approximate surface area is 208 Å². The summed E-state index contributed by atoms with van der Waals surface area (Å²) in [6.45, 7) is 0.553. The zero-order valence-electron chi connectivity index (χ0n) is 18.9. The van der Waals surface area contributed by atoms with E-state index in [9.17, 15) is 13.2 Å². The predicted octanol–water partition coefficient (Wildman–Crippen LogP) is 5.34. The van der Waals surface area contributed by atoms with Crippen LogP contribution in [0.4, 0.5) is 19.0 Å². The van der Waals surface area contributed by atoms with Gasteiger partial charge in [-0.05, 0) is 52.9 Å². The number of hydrogen-bond donors (Lipinski definition) is 0. The van der Waals surface area contributed by atoms with Crippen molar-refractivity contribution >= 4 is 28.4 Å². The van der Waals surface area contributed by atoms with Gasteiger partial charge < -0.3 is 23.8 Å². The maximum absolute atomic E-state index is 13.2. The average Bonchev–Trinajstić information content (AvgIpc) is 2.83. The van der Waals surface area contributed by atoms with Crippen molar-refractivity contribution < 1.29 is 32.1 Å². The van der Waals surface area contributed by atoms with Crippen LogP contribution in [0.3, 0.4) is 0 Å². The zero-order chi connectivity index (χ0) is 24.9. The lowest BCUT2D eigenvalue weighted by atomic mass is 10.1. The number of benzene rings is 2. The molecule has 0 aliphatic heterocycles. The van der Waals surface area contributed by atoms with Gasteiger partial charge in [-0.3, -0.25) is 0 Å². The highest BCUT2D eigenvalue weighted by Crippen LogP contribution is 2.34. The zero-order valence-corrected chi connectivity index (χ0v) is 21.1. The molecule has 1 aromatic heterocycles. The number of halogens is 4. The molecule has 0 amide bonds. The van der Waals surface area contributed by atoms with Gasteiger partial charge in [0.15, 0.2) is 11.5 Å². The first-order valence-electron chi connectivity index (χ1n) is 9.97. The van der Waals surface area contributed by atoms with Crippen LogP contribution in [0.1, 0.15) is 16.8 Å². The number of rotatable bonds is 9. The molecule has 11 heteroatoms. The highest BCUT2D eigenvalue weighted by Gasteiger charge is 2.36. The standard InChI is InChI=1S/C23H23F3IN3O4/c1-31-16-7-5-14(19(9-16)33-3)12-30(13-15-6-8-17(32-2)10-20(15)34-4)21-11-18(27)22(29-28-21)23(24,25)26/h5-11H,12-13H2,1-4H3. The van der Waals surface area contributed by atoms with Crippen molar-refractivity contribution in [2.75, 3.05) is 33.3 Å². The van der Waals surface area contributed by atoms with Crippen molar-refractivity contribution in [2.45, 2.75) is 19.3 Å². The Bertz CT molecular complexity index is 1090. The molecule has 1 heterocycles. The van der Waals surface area contributed by atoms with Crippen LogP contribution in [0.5, 0.6) is 23.0 Å². The quantitative estimate of drug-likeness (QED) is 0.313.